The fraction of sp³-hybridized carbons (Fsp3) is 0.429. The van der Waals surface area contributed by atoms with Crippen LogP contribution < -0.4 is 14.8 Å². The van der Waals surface area contributed by atoms with Crippen molar-refractivity contribution in [2.24, 2.45) is 0 Å². The highest BCUT2D eigenvalue weighted by Gasteiger charge is 2.18. The van der Waals surface area contributed by atoms with Crippen LogP contribution in [0.2, 0.25) is 0 Å². The molecule has 1 aliphatic heterocycles. The van der Waals surface area contributed by atoms with Crippen LogP contribution in [0.1, 0.15) is 35.2 Å². The van der Waals surface area contributed by atoms with Crippen LogP contribution in [0.3, 0.4) is 0 Å². The van der Waals surface area contributed by atoms with Crippen LogP contribution in [0.5, 0.6) is 11.5 Å². The van der Waals surface area contributed by atoms with Gasteiger partial charge in [0.1, 0.15) is 5.82 Å². The highest BCUT2D eigenvalue weighted by Crippen LogP contribution is 2.27. The van der Waals surface area contributed by atoms with Crippen molar-refractivity contribution in [2.45, 2.75) is 25.7 Å². The van der Waals surface area contributed by atoms with E-state index in [-0.39, 0.29) is 5.91 Å². The van der Waals surface area contributed by atoms with Gasteiger partial charge in [-0.05, 0) is 55.5 Å². The Morgan fingerprint density at radius 1 is 1.07 bits per heavy atom. The van der Waals surface area contributed by atoms with Gasteiger partial charge in [-0.3, -0.25) is 4.79 Å². The summed E-state index contributed by atoms with van der Waals surface area (Å²) in [5, 5.41) is 3.30. The number of likely N-dealkylation sites (tertiary alicyclic amines) is 1. The molecular weight excluding hydrogens is 342 g/mol. The van der Waals surface area contributed by atoms with Crippen molar-refractivity contribution in [3.8, 4) is 11.5 Å². The Morgan fingerprint density at radius 3 is 2.59 bits per heavy atom. The van der Waals surface area contributed by atoms with Crippen LogP contribution in [-0.2, 0) is 6.42 Å². The molecule has 0 radical (unpaired) electrons. The molecule has 3 rings (SSSR count). The summed E-state index contributed by atoms with van der Waals surface area (Å²) in [4.78, 5) is 18.9. The van der Waals surface area contributed by atoms with Crippen molar-refractivity contribution in [1.29, 1.82) is 0 Å². The summed E-state index contributed by atoms with van der Waals surface area (Å²) in [6.07, 6.45) is 5.89. The molecule has 0 atom stereocenters. The number of benzene rings is 1. The Kier molecular flexibility index (Phi) is 6.52. The molecule has 0 saturated carbocycles. The number of carbonyl (C=O) groups is 1. The number of aromatic nitrogens is 1. The minimum absolute atomic E-state index is 0.0973. The monoisotopic (exact) mass is 369 g/mol. The summed E-state index contributed by atoms with van der Waals surface area (Å²) in [6, 6.07) is 9.53. The first kappa shape index (κ1) is 19.0. The summed E-state index contributed by atoms with van der Waals surface area (Å²) in [5.41, 5.74) is 1.83. The fourth-order valence-electron chi connectivity index (χ4n) is 3.31. The second-order valence-electron chi connectivity index (χ2n) is 6.65. The van der Waals surface area contributed by atoms with E-state index in [9.17, 15) is 4.79 Å². The van der Waals surface area contributed by atoms with Crippen LogP contribution in [0, 0.1) is 0 Å². The molecular formula is C21H27N3O3. The molecule has 27 heavy (non-hydrogen) atoms. The van der Waals surface area contributed by atoms with Crippen LogP contribution in [0.15, 0.2) is 36.5 Å². The quantitative estimate of drug-likeness (QED) is 0.811. The molecule has 1 saturated heterocycles. The number of ether oxygens (including phenoxy) is 2. The molecule has 6 nitrogen and oxygen atoms in total. The summed E-state index contributed by atoms with van der Waals surface area (Å²) in [5.74, 6) is 2.26. The Morgan fingerprint density at radius 2 is 1.85 bits per heavy atom. The first-order valence-corrected chi connectivity index (χ1v) is 9.41. The van der Waals surface area contributed by atoms with Gasteiger partial charge in [0.25, 0.3) is 5.91 Å². The lowest BCUT2D eigenvalue weighted by atomic mass is 10.1. The third-order valence-corrected chi connectivity index (χ3v) is 4.82. The molecule has 6 heteroatoms. The molecule has 0 spiro atoms. The molecule has 2 heterocycles. The molecule has 1 amide bonds. The van der Waals surface area contributed by atoms with E-state index in [1.807, 2.05) is 29.2 Å². The lowest BCUT2D eigenvalue weighted by Gasteiger charge is -2.26. The minimum Gasteiger partial charge on any atom is -0.493 e. The summed E-state index contributed by atoms with van der Waals surface area (Å²) in [6.45, 7) is 2.41. The van der Waals surface area contributed by atoms with Crippen molar-refractivity contribution in [3.05, 3.63) is 47.7 Å². The van der Waals surface area contributed by atoms with Crippen molar-refractivity contribution in [3.63, 3.8) is 0 Å². The second-order valence-corrected chi connectivity index (χ2v) is 6.65. The van der Waals surface area contributed by atoms with E-state index in [1.165, 1.54) is 6.42 Å². The van der Waals surface area contributed by atoms with E-state index < -0.39 is 0 Å². The number of pyridine rings is 1. The molecule has 1 aliphatic rings. The predicted octanol–water partition coefficient (Wildman–Crippen LogP) is 3.38. The second kappa shape index (κ2) is 9.26. The zero-order valence-corrected chi connectivity index (χ0v) is 16.0. The average Bonchev–Trinajstić information content (AvgIpc) is 2.74. The number of nitrogens with one attached hydrogen (secondary N) is 1. The van der Waals surface area contributed by atoms with Gasteiger partial charge in [-0.15, -0.1) is 0 Å². The Labute approximate surface area is 160 Å². The van der Waals surface area contributed by atoms with E-state index in [4.69, 9.17) is 9.47 Å². The zero-order valence-electron chi connectivity index (χ0n) is 16.0. The number of piperidine rings is 1. The van der Waals surface area contributed by atoms with Gasteiger partial charge < -0.3 is 19.7 Å². The normalized spacial score (nSPS) is 13.9. The van der Waals surface area contributed by atoms with Gasteiger partial charge in [0, 0.05) is 31.4 Å². The SMILES string of the molecule is COc1ccc(CCNc2cc(C(=O)N3CCCCC3)ccn2)cc1OC. The van der Waals surface area contributed by atoms with Gasteiger partial charge in [0.15, 0.2) is 11.5 Å². The zero-order chi connectivity index (χ0) is 19.1. The van der Waals surface area contributed by atoms with Crippen LogP contribution in [0.25, 0.3) is 0 Å². The van der Waals surface area contributed by atoms with Crippen molar-refractivity contribution < 1.29 is 14.3 Å². The number of carbonyl (C=O) groups excluding carboxylic acids is 1. The van der Waals surface area contributed by atoms with E-state index in [0.29, 0.717) is 12.1 Å². The number of rotatable bonds is 7. The lowest BCUT2D eigenvalue weighted by Crippen LogP contribution is -2.35. The molecule has 1 N–H and O–H groups in total. The third kappa shape index (κ3) is 4.90. The summed E-state index contributed by atoms with van der Waals surface area (Å²) >= 11 is 0. The number of amides is 1. The van der Waals surface area contributed by atoms with E-state index in [0.717, 1.165) is 55.2 Å². The number of methoxy groups -OCH3 is 2. The van der Waals surface area contributed by atoms with Crippen LogP contribution in [0.4, 0.5) is 5.82 Å². The van der Waals surface area contributed by atoms with Crippen molar-refractivity contribution >= 4 is 11.7 Å². The van der Waals surface area contributed by atoms with Crippen molar-refractivity contribution in [1.82, 2.24) is 9.88 Å². The molecule has 2 aromatic rings. The smallest absolute Gasteiger partial charge is 0.254 e. The number of nitrogens with zero attached hydrogens (tertiary/aromatic N) is 2. The fourth-order valence-corrected chi connectivity index (χ4v) is 3.31. The van der Waals surface area contributed by atoms with Crippen LogP contribution in [-0.4, -0.2) is 49.6 Å². The van der Waals surface area contributed by atoms with Crippen LogP contribution >= 0.6 is 0 Å². The number of hydrogen-bond acceptors (Lipinski definition) is 5. The molecule has 0 bridgehead atoms. The predicted molar refractivity (Wildman–Crippen MR) is 106 cm³/mol. The molecule has 144 valence electrons. The molecule has 0 unspecified atom stereocenters. The highest BCUT2D eigenvalue weighted by atomic mass is 16.5. The Bertz CT molecular complexity index is 773. The molecule has 1 fully saturated rings. The standard InChI is InChI=1S/C21H27N3O3/c1-26-18-7-6-16(14-19(18)27-2)8-10-22-20-15-17(9-11-23-20)21(25)24-12-4-3-5-13-24/h6-7,9,11,14-15H,3-5,8,10,12-13H2,1-2H3,(H,22,23). The van der Waals surface area contributed by atoms with Gasteiger partial charge in [0.2, 0.25) is 0 Å². The molecule has 1 aromatic heterocycles. The van der Waals surface area contributed by atoms with Gasteiger partial charge >= 0.3 is 0 Å². The van der Waals surface area contributed by atoms with Gasteiger partial charge in [-0.25, -0.2) is 4.98 Å². The van der Waals surface area contributed by atoms with E-state index in [2.05, 4.69) is 10.3 Å². The summed E-state index contributed by atoms with van der Waals surface area (Å²) < 4.78 is 10.6. The lowest BCUT2D eigenvalue weighted by molar-refractivity contribution is 0.0724. The Balaban J connectivity index is 1.58. The maximum Gasteiger partial charge on any atom is 0.254 e. The number of hydrogen-bond donors (Lipinski definition) is 1. The van der Waals surface area contributed by atoms with Crippen molar-refractivity contribution in [2.75, 3.05) is 39.2 Å². The maximum atomic E-state index is 12.6. The van der Waals surface area contributed by atoms with Gasteiger partial charge in [0.05, 0.1) is 14.2 Å². The van der Waals surface area contributed by atoms with E-state index >= 15 is 0 Å². The van der Waals surface area contributed by atoms with E-state index in [1.54, 1.807) is 26.5 Å². The topological polar surface area (TPSA) is 63.7 Å². The average molecular weight is 369 g/mol. The first-order valence-electron chi connectivity index (χ1n) is 9.41. The third-order valence-electron chi connectivity index (χ3n) is 4.82. The highest BCUT2D eigenvalue weighted by molar-refractivity contribution is 5.94. The molecule has 1 aromatic carbocycles. The summed E-state index contributed by atoms with van der Waals surface area (Å²) in [7, 11) is 3.26. The minimum atomic E-state index is 0.0973. The first-order chi connectivity index (χ1) is 13.2. The number of anilines is 1. The van der Waals surface area contributed by atoms with Gasteiger partial charge in [-0.1, -0.05) is 6.07 Å². The van der Waals surface area contributed by atoms with Gasteiger partial charge in [-0.2, -0.15) is 0 Å². The Hall–Kier alpha value is -2.76. The maximum absolute atomic E-state index is 12.6. The molecule has 0 aliphatic carbocycles. The largest absolute Gasteiger partial charge is 0.493 e.